The van der Waals surface area contributed by atoms with Crippen LogP contribution in [0.5, 0.6) is 11.5 Å². The second-order valence-electron chi connectivity index (χ2n) is 6.54. The van der Waals surface area contributed by atoms with Gasteiger partial charge in [0.05, 0.1) is 14.2 Å². The Bertz CT molecular complexity index is 792. The first kappa shape index (κ1) is 21.3. The Hall–Kier alpha value is -3.02. The Kier molecular flexibility index (Phi) is 7.87. The maximum atomic E-state index is 12.5. The first-order valence-electron chi connectivity index (χ1n) is 9.26. The van der Waals surface area contributed by atoms with Crippen molar-refractivity contribution in [2.24, 2.45) is 0 Å². The number of hydrogen-bond acceptors (Lipinski definition) is 4. The lowest BCUT2D eigenvalue weighted by molar-refractivity contribution is -0.138. The molecule has 0 aliphatic carbocycles. The zero-order valence-corrected chi connectivity index (χ0v) is 16.9. The molecule has 2 aromatic rings. The minimum atomic E-state index is -0.553. The van der Waals surface area contributed by atoms with Gasteiger partial charge in [-0.2, -0.15) is 0 Å². The number of carbonyl (C=O) groups is 2. The number of benzene rings is 2. The average molecular weight is 384 g/mol. The largest absolute Gasteiger partial charge is 0.493 e. The van der Waals surface area contributed by atoms with Crippen LogP contribution in [-0.4, -0.2) is 43.5 Å². The maximum Gasteiger partial charge on any atom is 0.242 e. The van der Waals surface area contributed by atoms with E-state index in [4.69, 9.17) is 9.47 Å². The summed E-state index contributed by atoms with van der Waals surface area (Å²) in [6.45, 7) is 4.10. The Balaban J connectivity index is 1.92. The predicted molar refractivity (Wildman–Crippen MR) is 108 cm³/mol. The molecule has 1 N–H and O–H groups in total. The van der Waals surface area contributed by atoms with E-state index in [1.807, 2.05) is 48.5 Å². The number of hydrogen-bond donors (Lipinski definition) is 1. The summed E-state index contributed by atoms with van der Waals surface area (Å²) in [5.41, 5.74) is 2.01. The van der Waals surface area contributed by atoms with Gasteiger partial charge in [0.2, 0.25) is 11.8 Å². The van der Waals surface area contributed by atoms with E-state index < -0.39 is 6.04 Å². The van der Waals surface area contributed by atoms with Crippen molar-refractivity contribution in [2.45, 2.75) is 32.9 Å². The van der Waals surface area contributed by atoms with Crippen molar-refractivity contribution in [3.05, 3.63) is 59.7 Å². The number of methoxy groups -OCH3 is 2. The highest BCUT2D eigenvalue weighted by atomic mass is 16.5. The number of nitrogens with zero attached hydrogens (tertiary/aromatic N) is 1. The third-order valence-electron chi connectivity index (χ3n) is 4.61. The van der Waals surface area contributed by atoms with Crippen LogP contribution in [-0.2, 0) is 22.6 Å². The van der Waals surface area contributed by atoms with E-state index in [9.17, 15) is 9.59 Å². The minimum absolute atomic E-state index is 0.133. The summed E-state index contributed by atoms with van der Waals surface area (Å²) < 4.78 is 10.5. The van der Waals surface area contributed by atoms with E-state index >= 15 is 0 Å². The number of nitrogens with one attached hydrogen (secondary N) is 1. The van der Waals surface area contributed by atoms with Crippen molar-refractivity contribution in [1.29, 1.82) is 0 Å². The molecule has 28 heavy (non-hydrogen) atoms. The molecule has 0 heterocycles. The van der Waals surface area contributed by atoms with Gasteiger partial charge in [0, 0.05) is 20.0 Å². The highest BCUT2D eigenvalue weighted by Gasteiger charge is 2.23. The van der Waals surface area contributed by atoms with Crippen LogP contribution in [0.3, 0.4) is 0 Å². The zero-order chi connectivity index (χ0) is 20.5. The van der Waals surface area contributed by atoms with Crippen LogP contribution in [0.2, 0.25) is 0 Å². The summed E-state index contributed by atoms with van der Waals surface area (Å²) in [4.78, 5) is 26.2. The maximum absolute atomic E-state index is 12.5. The SMILES string of the molecule is COc1ccc(CCNC(=O)[C@H](C)N(Cc2ccccc2)C(C)=O)cc1OC. The lowest BCUT2D eigenvalue weighted by atomic mass is 10.1. The smallest absolute Gasteiger partial charge is 0.242 e. The molecule has 0 bridgehead atoms. The zero-order valence-electron chi connectivity index (χ0n) is 16.9. The van der Waals surface area contributed by atoms with Crippen LogP contribution >= 0.6 is 0 Å². The highest BCUT2D eigenvalue weighted by molar-refractivity contribution is 5.86. The number of rotatable bonds is 9. The molecule has 0 saturated carbocycles. The predicted octanol–water partition coefficient (Wildman–Crippen LogP) is 2.80. The Morgan fingerprint density at radius 1 is 1.00 bits per heavy atom. The van der Waals surface area contributed by atoms with E-state index in [0.29, 0.717) is 31.0 Å². The molecule has 150 valence electrons. The molecule has 0 aliphatic heterocycles. The van der Waals surface area contributed by atoms with Gasteiger partial charge in [-0.3, -0.25) is 9.59 Å². The van der Waals surface area contributed by atoms with E-state index in [0.717, 1.165) is 11.1 Å². The molecule has 0 aromatic heterocycles. The van der Waals surface area contributed by atoms with Crippen molar-refractivity contribution in [1.82, 2.24) is 10.2 Å². The van der Waals surface area contributed by atoms with Crippen LogP contribution in [0.25, 0.3) is 0 Å². The summed E-state index contributed by atoms with van der Waals surface area (Å²) in [6.07, 6.45) is 0.650. The fourth-order valence-corrected chi connectivity index (χ4v) is 2.96. The normalized spacial score (nSPS) is 11.4. The van der Waals surface area contributed by atoms with Crippen LogP contribution in [0.4, 0.5) is 0 Å². The Morgan fingerprint density at radius 3 is 2.29 bits per heavy atom. The van der Waals surface area contributed by atoms with Crippen molar-refractivity contribution in [3.63, 3.8) is 0 Å². The molecular formula is C22H28N2O4. The van der Waals surface area contributed by atoms with Gasteiger partial charge in [0.15, 0.2) is 11.5 Å². The van der Waals surface area contributed by atoms with E-state index in [1.54, 1.807) is 26.0 Å². The minimum Gasteiger partial charge on any atom is -0.493 e. The third-order valence-corrected chi connectivity index (χ3v) is 4.61. The van der Waals surface area contributed by atoms with Crippen LogP contribution in [0.15, 0.2) is 48.5 Å². The number of carbonyl (C=O) groups excluding carboxylic acids is 2. The van der Waals surface area contributed by atoms with Gasteiger partial charge in [0.1, 0.15) is 6.04 Å². The summed E-state index contributed by atoms with van der Waals surface area (Å²) in [5.74, 6) is 1.02. The highest BCUT2D eigenvalue weighted by Crippen LogP contribution is 2.27. The van der Waals surface area contributed by atoms with E-state index in [1.165, 1.54) is 6.92 Å². The van der Waals surface area contributed by atoms with Gasteiger partial charge >= 0.3 is 0 Å². The molecule has 0 spiro atoms. The fraction of sp³-hybridized carbons (Fsp3) is 0.364. The fourth-order valence-electron chi connectivity index (χ4n) is 2.96. The quantitative estimate of drug-likeness (QED) is 0.722. The monoisotopic (exact) mass is 384 g/mol. The molecule has 0 saturated heterocycles. The second-order valence-corrected chi connectivity index (χ2v) is 6.54. The lowest BCUT2D eigenvalue weighted by Gasteiger charge is -2.27. The van der Waals surface area contributed by atoms with Crippen LogP contribution in [0, 0.1) is 0 Å². The first-order chi connectivity index (χ1) is 13.5. The van der Waals surface area contributed by atoms with E-state index in [-0.39, 0.29) is 11.8 Å². The molecule has 0 aliphatic rings. The standard InChI is InChI=1S/C22H28N2O4/c1-16(24(17(2)25)15-19-8-6-5-7-9-19)22(26)23-13-12-18-10-11-20(27-3)21(14-18)28-4/h5-11,14,16H,12-13,15H2,1-4H3,(H,23,26)/t16-/m0/s1. The molecule has 0 fully saturated rings. The number of ether oxygens (including phenoxy) is 2. The van der Waals surface area contributed by atoms with Crippen molar-refractivity contribution in [2.75, 3.05) is 20.8 Å². The molecule has 0 unspecified atom stereocenters. The summed E-state index contributed by atoms with van der Waals surface area (Å²) in [6, 6.07) is 14.8. The Labute approximate surface area is 166 Å². The van der Waals surface area contributed by atoms with Crippen LogP contribution < -0.4 is 14.8 Å². The van der Waals surface area contributed by atoms with Crippen molar-refractivity contribution >= 4 is 11.8 Å². The van der Waals surface area contributed by atoms with Gasteiger partial charge in [-0.05, 0) is 36.6 Å². The second kappa shape index (κ2) is 10.3. The molecule has 2 rings (SSSR count). The first-order valence-corrected chi connectivity index (χ1v) is 9.26. The topological polar surface area (TPSA) is 67.9 Å². The summed E-state index contributed by atoms with van der Waals surface area (Å²) in [7, 11) is 3.18. The number of amides is 2. The van der Waals surface area contributed by atoms with E-state index in [2.05, 4.69) is 5.32 Å². The third kappa shape index (κ3) is 5.74. The molecule has 6 heteroatoms. The summed E-state index contributed by atoms with van der Waals surface area (Å²) in [5, 5.41) is 2.91. The van der Waals surface area contributed by atoms with Gasteiger partial charge in [-0.25, -0.2) is 0 Å². The molecule has 2 aromatic carbocycles. The van der Waals surface area contributed by atoms with Gasteiger partial charge in [-0.1, -0.05) is 36.4 Å². The molecule has 6 nitrogen and oxygen atoms in total. The average Bonchev–Trinajstić information content (AvgIpc) is 2.71. The van der Waals surface area contributed by atoms with Gasteiger partial charge in [0.25, 0.3) is 0 Å². The Morgan fingerprint density at radius 2 is 1.68 bits per heavy atom. The molecule has 2 amide bonds. The summed E-state index contributed by atoms with van der Waals surface area (Å²) >= 11 is 0. The molecule has 1 atom stereocenters. The molecule has 0 radical (unpaired) electrons. The van der Waals surface area contributed by atoms with Gasteiger partial charge in [-0.15, -0.1) is 0 Å². The van der Waals surface area contributed by atoms with Gasteiger partial charge < -0.3 is 19.7 Å². The van der Waals surface area contributed by atoms with Crippen LogP contribution in [0.1, 0.15) is 25.0 Å². The van der Waals surface area contributed by atoms with Crippen molar-refractivity contribution < 1.29 is 19.1 Å². The van der Waals surface area contributed by atoms with Crippen molar-refractivity contribution in [3.8, 4) is 11.5 Å². The lowest BCUT2D eigenvalue weighted by Crippen LogP contribution is -2.47. The molecular weight excluding hydrogens is 356 g/mol.